The second-order valence-electron chi connectivity index (χ2n) is 15.5. The van der Waals surface area contributed by atoms with Crippen LogP contribution >= 0.6 is 23.4 Å². The van der Waals surface area contributed by atoms with Gasteiger partial charge in [-0.25, -0.2) is 24.4 Å². The minimum absolute atomic E-state index is 0.0286. The lowest BCUT2D eigenvalue weighted by atomic mass is 9.97. The number of benzene rings is 2. The van der Waals surface area contributed by atoms with Gasteiger partial charge in [0, 0.05) is 34.9 Å². The van der Waals surface area contributed by atoms with Gasteiger partial charge in [0.2, 0.25) is 11.8 Å². The van der Waals surface area contributed by atoms with E-state index in [1.165, 1.54) is 24.9 Å². The molecule has 2 aromatic carbocycles. The van der Waals surface area contributed by atoms with Crippen molar-refractivity contribution in [1.29, 1.82) is 10.5 Å². The van der Waals surface area contributed by atoms with Crippen LogP contribution in [0, 0.1) is 29.1 Å². The molecule has 327 valence electrons. The highest BCUT2D eigenvalue weighted by Gasteiger charge is 2.28. The van der Waals surface area contributed by atoms with Crippen molar-refractivity contribution in [1.82, 2.24) is 25.9 Å². The molecule has 2 aromatic heterocycles. The molecule has 0 spiro atoms. The van der Waals surface area contributed by atoms with E-state index in [4.69, 9.17) is 40.7 Å². The Morgan fingerprint density at radius 1 is 0.887 bits per heavy atom. The van der Waals surface area contributed by atoms with E-state index in [-0.39, 0.29) is 43.1 Å². The summed E-state index contributed by atoms with van der Waals surface area (Å²) in [6, 6.07) is 15.7. The fourth-order valence-electron chi connectivity index (χ4n) is 5.34. The number of esters is 1. The predicted octanol–water partition coefficient (Wildman–Crippen LogP) is 7.11. The second kappa shape index (κ2) is 21.8. The van der Waals surface area contributed by atoms with Crippen LogP contribution in [0.4, 0.5) is 15.4 Å². The standard InChI is InChI=1S/C43H48ClN8O9S/c1-25(49-36(53)33(51-41(56)61-43(5,6)7)17-18-48-40(55)60-42(2,3)4)39(54)58-20-8-19-57-30-15-11-26(12-16-30)34-31(21-45)35(47)52-38(32(34)22-46)62-24-29-23-59-37(50-29)27-9-13-28(44)14-10-27/h8-16,23,25,33H,17-20,24H2,1-7H3,(H2,47,52)(H,48,55)(H,49,53)(H,51,56)/t25-,33-/m0/s1. The van der Waals surface area contributed by atoms with Crippen molar-refractivity contribution < 1.29 is 42.5 Å². The number of hydrogen-bond donors (Lipinski definition) is 4. The molecule has 0 aliphatic rings. The van der Waals surface area contributed by atoms with Crippen LogP contribution in [-0.4, -0.2) is 77.1 Å². The Bertz CT molecular complexity index is 2290. The molecule has 0 unspecified atom stereocenters. The molecule has 0 bridgehead atoms. The number of carbonyl (C=O) groups is 4. The van der Waals surface area contributed by atoms with Gasteiger partial charge in [0.05, 0.1) is 24.5 Å². The molecule has 4 rings (SSSR count). The number of carbonyl (C=O) groups excluding carboxylic acids is 4. The van der Waals surface area contributed by atoms with Crippen molar-refractivity contribution in [3.8, 4) is 40.5 Å². The molecule has 2 heterocycles. The zero-order valence-corrected chi connectivity index (χ0v) is 36.9. The van der Waals surface area contributed by atoms with Gasteiger partial charge in [-0.15, -0.1) is 0 Å². The Kier molecular flexibility index (Phi) is 17.0. The summed E-state index contributed by atoms with van der Waals surface area (Å²) in [4.78, 5) is 59.3. The summed E-state index contributed by atoms with van der Waals surface area (Å²) in [7, 11) is 0. The van der Waals surface area contributed by atoms with Gasteiger partial charge in [-0.3, -0.25) is 4.79 Å². The number of hydrogen-bond acceptors (Lipinski definition) is 15. The largest absolute Gasteiger partial charge is 0.493 e. The average molecular weight is 888 g/mol. The molecular weight excluding hydrogens is 840 g/mol. The van der Waals surface area contributed by atoms with Crippen molar-refractivity contribution in [3.63, 3.8) is 0 Å². The molecule has 0 saturated heterocycles. The maximum atomic E-state index is 13.1. The molecule has 0 saturated carbocycles. The summed E-state index contributed by atoms with van der Waals surface area (Å²) in [6.07, 6.45) is 1.48. The summed E-state index contributed by atoms with van der Waals surface area (Å²) in [5, 5.41) is 28.6. The van der Waals surface area contributed by atoms with Crippen LogP contribution in [0.5, 0.6) is 5.75 Å². The molecule has 5 N–H and O–H groups in total. The number of nitrogens with two attached hydrogens (primary N) is 1. The predicted molar refractivity (Wildman–Crippen MR) is 230 cm³/mol. The Morgan fingerprint density at radius 2 is 1.52 bits per heavy atom. The lowest BCUT2D eigenvalue weighted by Crippen LogP contribution is -2.52. The third kappa shape index (κ3) is 14.9. The molecule has 2 atom stereocenters. The number of rotatable bonds is 17. The number of ether oxygens (including phenoxy) is 4. The molecular formula is C43H48ClN8O9S. The van der Waals surface area contributed by atoms with E-state index in [0.717, 1.165) is 5.56 Å². The van der Waals surface area contributed by atoms with Crippen molar-refractivity contribution >= 4 is 53.2 Å². The number of aromatic nitrogens is 2. The summed E-state index contributed by atoms with van der Waals surface area (Å²) in [5.41, 5.74) is 7.07. The van der Waals surface area contributed by atoms with Crippen molar-refractivity contribution in [3.05, 3.63) is 83.1 Å². The van der Waals surface area contributed by atoms with Crippen LogP contribution in [0.2, 0.25) is 5.02 Å². The lowest BCUT2D eigenvalue weighted by molar-refractivity contribution is -0.146. The number of nitrogens with one attached hydrogen (secondary N) is 3. The van der Waals surface area contributed by atoms with Crippen LogP contribution in [0.25, 0.3) is 22.6 Å². The maximum absolute atomic E-state index is 13.1. The van der Waals surface area contributed by atoms with Gasteiger partial charge < -0.3 is 45.0 Å². The van der Waals surface area contributed by atoms with Crippen LogP contribution in [0.3, 0.4) is 0 Å². The van der Waals surface area contributed by atoms with E-state index >= 15 is 0 Å². The molecule has 19 heteroatoms. The Hall–Kier alpha value is -6.50. The number of nitrogen functional groups attached to an aromatic ring is 1. The highest BCUT2D eigenvalue weighted by atomic mass is 35.5. The number of pyridine rings is 1. The van der Waals surface area contributed by atoms with E-state index in [0.29, 0.717) is 44.3 Å². The Balaban J connectivity index is 1.29. The number of thioether (sulfide) groups is 1. The second-order valence-corrected chi connectivity index (χ2v) is 16.9. The topological polar surface area (TPSA) is 254 Å². The zero-order chi connectivity index (χ0) is 45.6. The van der Waals surface area contributed by atoms with Crippen LogP contribution in [0.1, 0.15) is 71.7 Å². The summed E-state index contributed by atoms with van der Waals surface area (Å²) in [6.45, 7) is 11.4. The van der Waals surface area contributed by atoms with E-state index in [2.05, 4.69) is 38.1 Å². The number of nitrogens with zero attached hydrogens (tertiary/aromatic N) is 4. The van der Waals surface area contributed by atoms with Crippen LogP contribution in [-0.2, 0) is 29.6 Å². The van der Waals surface area contributed by atoms with E-state index < -0.39 is 47.3 Å². The van der Waals surface area contributed by atoms with Gasteiger partial charge >= 0.3 is 18.2 Å². The average Bonchev–Trinajstić information content (AvgIpc) is 3.67. The van der Waals surface area contributed by atoms with Gasteiger partial charge in [-0.2, -0.15) is 10.5 Å². The van der Waals surface area contributed by atoms with E-state index in [1.54, 1.807) is 96.5 Å². The minimum Gasteiger partial charge on any atom is -0.493 e. The zero-order valence-electron chi connectivity index (χ0n) is 35.3. The summed E-state index contributed by atoms with van der Waals surface area (Å²) < 4.78 is 27.2. The van der Waals surface area contributed by atoms with Crippen LogP contribution < -0.4 is 26.4 Å². The quantitative estimate of drug-likeness (QED) is 0.0357. The fraction of sp³-hybridized carbons (Fsp3) is 0.372. The number of alkyl carbamates (subject to hydrolysis) is 2. The molecule has 0 aliphatic carbocycles. The number of oxazole rings is 1. The van der Waals surface area contributed by atoms with Crippen LogP contribution in [0.15, 0.2) is 64.2 Å². The van der Waals surface area contributed by atoms with E-state index in [1.807, 2.05) is 0 Å². The highest BCUT2D eigenvalue weighted by molar-refractivity contribution is 7.98. The third-order valence-corrected chi connectivity index (χ3v) is 9.35. The smallest absolute Gasteiger partial charge is 0.408 e. The molecule has 0 fully saturated rings. The third-order valence-electron chi connectivity index (χ3n) is 8.09. The van der Waals surface area contributed by atoms with Gasteiger partial charge in [-0.1, -0.05) is 35.5 Å². The molecule has 0 aliphatic heterocycles. The molecule has 62 heavy (non-hydrogen) atoms. The summed E-state index contributed by atoms with van der Waals surface area (Å²) >= 11 is 7.21. The Labute approximate surface area is 369 Å². The monoisotopic (exact) mass is 887 g/mol. The molecule has 1 radical (unpaired) electrons. The maximum Gasteiger partial charge on any atom is 0.408 e. The number of nitriles is 2. The normalized spacial score (nSPS) is 12.2. The minimum atomic E-state index is -1.17. The first-order valence-electron chi connectivity index (χ1n) is 19.2. The van der Waals surface area contributed by atoms with Gasteiger partial charge in [-0.05, 0) is 96.8 Å². The van der Waals surface area contributed by atoms with Gasteiger partial charge in [0.25, 0.3) is 0 Å². The lowest BCUT2D eigenvalue weighted by Gasteiger charge is -2.24. The first-order valence-corrected chi connectivity index (χ1v) is 20.6. The van der Waals surface area contributed by atoms with Crippen molar-refractivity contribution in [2.45, 2.75) is 89.0 Å². The SMILES string of the molecule is C[C@H](NC(=O)[C@H](CCNC(=O)OC(C)(C)C)NC(=O)OC(C)(C)C)C(=O)OC[CH]COc1ccc(-c2c(C#N)c(N)nc(SCc3coc(-c4ccc(Cl)cc4)n3)c2C#N)cc1. The number of amides is 3. The van der Waals surface area contributed by atoms with Crippen molar-refractivity contribution in [2.24, 2.45) is 0 Å². The molecule has 17 nitrogen and oxygen atoms in total. The first-order chi connectivity index (χ1) is 29.3. The summed E-state index contributed by atoms with van der Waals surface area (Å²) in [5.74, 6) is -0.327. The fourth-order valence-corrected chi connectivity index (χ4v) is 6.34. The van der Waals surface area contributed by atoms with Crippen molar-refractivity contribution in [2.75, 3.05) is 25.5 Å². The molecule has 3 amide bonds. The molecule has 4 aromatic rings. The van der Waals surface area contributed by atoms with E-state index in [9.17, 15) is 29.7 Å². The van der Waals surface area contributed by atoms with Gasteiger partial charge in [0.15, 0.2) is 0 Å². The Morgan fingerprint density at radius 3 is 2.15 bits per heavy atom. The number of anilines is 1. The highest BCUT2D eigenvalue weighted by Crippen LogP contribution is 2.37. The first kappa shape index (κ1) is 48.2. The number of halogens is 1. The van der Waals surface area contributed by atoms with Gasteiger partial charge in [0.1, 0.15) is 63.8 Å².